The fourth-order valence-corrected chi connectivity index (χ4v) is 3.95. The number of benzene rings is 3. The number of aliphatic hydroxyl groups is 2. The van der Waals surface area contributed by atoms with E-state index in [2.05, 4.69) is 55.5 Å². The highest BCUT2D eigenvalue weighted by Gasteiger charge is 2.11. The second-order valence-corrected chi connectivity index (χ2v) is 6.58. The maximum atomic E-state index is 9.54. The molecule has 3 aromatic carbocycles. The lowest BCUT2D eigenvalue weighted by Crippen LogP contribution is -2.14. The Morgan fingerprint density at radius 1 is 0.909 bits per heavy atom. The molecule has 3 heteroatoms. The monoisotopic (exact) mass is 312 g/mol. The molecule has 0 fully saturated rings. The Morgan fingerprint density at radius 2 is 1.41 bits per heavy atom. The number of aliphatic hydroxyl groups excluding tert-OH is 2. The molecule has 0 radical (unpaired) electrons. The second-order valence-electron chi connectivity index (χ2n) is 5.55. The van der Waals surface area contributed by atoms with E-state index >= 15 is 0 Å². The molecule has 2 nitrogen and oxygen atoms in total. The SMILES string of the molecule is Cc1c2ccccc2c(CSC[C@@H](O)CO)c2ccccc12. The fourth-order valence-electron chi connectivity index (χ4n) is 2.94. The van der Waals surface area contributed by atoms with E-state index in [-0.39, 0.29) is 6.61 Å². The van der Waals surface area contributed by atoms with Crippen molar-refractivity contribution in [3.05, 3.63) is 59.7 Å². The van der Waals surface area contributed by atoms with Crippen LogP contribution in [0.15, 0.2) is 48.5 Å². The number of rotatable bonds is 5. The van der Waals surface area contributed by atoms with Gasteiger partial charge in [0.15, 0.2) is 0 Å². The fraction of sp³-hybridized carbons (Fsp3) is 0.263. The molecule has 0 aliphatic carbocycles. The third-order valence-electron chi connectivity index (χ3n) is 4.08. The summed E-state index contributed by atoms with van der Waals surface area (Å²) in [6.07, 6.45) is -0.645. The molecule has 3 aromatic rings. The van der Waals surface area contributed by atoms with Gasteiger partial charge in [-0.1, -0.05) is 48.5 Å². The summed E-state index contributed by atoms with van der Waals surface area (Å²) in [6, 6.07) is 17.0. The molecule has 2 N–H and O–H groups in total. The molecule has 0 amide bonds. The van der Waals surface area contributed by atoms with Crippen molar-refractivity contribution >= 4 is 33.3 Å². The zero-order valence-electron chi connectivity index (χ0n) is 12.6. The summed E-state index contributed by atoms with van der Waals surface area (Å²) in [6.45, 7) is 2.00. The molecular weight excluding hydrogens is 292 g/mol. The van der Waals surface area contributed by atoms with Crippen molar-refractivity contribution < 1.29 is 10.2 Å². The third-order valence-corrected chi connectivity index (χ3v) is 5.19. The summed E-state index contributed by atoms with van der Waals surface area (Å²) in [4.78, 5) is 0. The highest BCUT2D eigenvalue weighted by molar-refractivity contribution is 7.98. The summed E-state index contributed by atoms with van der Waals surface area (Å²) in [5.41, 5.74) is 2.63. The first-order valence-electron chi connectivity index (χ1n) is 7.48. The Kier molecular flexibility index (Phi) is 4.67. The maximum absolute atomic E-state index is 9.54. The van der Waals surface area contributed by atoms with Gasteiger partial charge in [0.2, 0.25) is 0 Å². The maximum Gasteiger partial charge on any atom is 0.0861 e. The first-order valence-corrected chi connectivity index (χ1v) is 8.63. The Bertz CT molecular complexity index is 741. The van der Waals surface area contributed by atoms with Crippen molar-refractivity contribution in [1.29, 1.82) is 0 Å². The number of hydrogen-bond donors (Lipinski definition) is 2. The summed E-state index contributed by atoms with van der Waals surface area (Å²) >= 11 is 1.66. The van der Waals surface area contributed by atoms with Crippen LogP contribution in [0.1, 0.15) is 11.1 Å². The van der Waals surface area contributed by atoms with Crippen LogP contribution in [0, 0.1) is 6.92 Å². The molecule has 3 rings (SSSR count). The van der Waals surface area contributed by atoms with Crippen LogP contribution < -0.4 is 0 Å². The lowest BCUT2D eigenvalue weighted by Gasteiger charge is -2.15. The van der Waals surface area contributed by atoms with Crippen molar-refractivity contribution in [3.8, 4) is 0 Å². The highest BCUT2D eigenvalue weighted by Crippen LogP contribution is 2.34. The van der Waals surface area contributed by atoms with E-state index in [1.807, 2.05) is 0 Å². The largest absolute Gasteiger partial charge is 0.394 e. The van der Waals surface area contributed by atoms with Gasteiger partial charge in [0, 0.05) is 11.5 Å². The number of thioether (sulfide) groups is 1. The number of fused-ring (bicyclic) bond motifs is 2. The molecule has 0 spiro atoms. The molecule has 0 saturated heterocycles. The third kappa shape index (κ3) is 2.84. The average molecular weight is 312 g/mol. The smallest absolute Gasteiger partial charge is 0.0861 e. The van der Waals surface area contributed by atoms with E-state index < -0.39 is 6.10 Å². The first-order chi connectivity index (χ1) is 10.7. The number of hydrogen-bond acceptors (Lipinski definition) is 3. The molecule has 0 aliphatic heterocycles. The van der Waals surface area contributed by atoms with Gasteiger partial charge in [0.25, 0.3) is 0 Å². The van der Waals surface area contributed by atoms with Gasteiger partial charge < -0.3 is 10.2 Å². The van der Waals surface area contributed by atoms with Gasteiger partial charge in [-0.25, -0.2) is 0 Å². The van der Waals surface area contributed by atoms with Crippen LogP contribution in [-0.2, 0) is 5.75 Å². The van der Waals surface area contributed by atoms with Crippen molar-refractivity contribution in [3.63, 3.8) is 0 Å². The van der Waals surface area contributed by atoms with Gasteiger partial charge in [-0.15, -0.1) is 0 Å². The van der Waals surface area contributed by atoms with Gasteiger partial charge in [-0.2, -0.15) is 11.8 Å². The van der Waals surface area contributed by atoms with Crippen molar-refractivity contribution in [1.82, 2.24) is 0 Å². The molecule has 0 unspecified atom stereocenters. The minimum atomic E-state index is -0.645. The zero-order chi connectivity index (χ0) is 15.5. The van der Waals surface area contributed by atoms with Crippen LogP contribution in [0.4, 0.5) is 0 Å². The summed E-state index contributed by atoms with van der Waals surface area (Å²) in [5, 5.41) is 23.6. The van der Waals surface area contributed by atoms with Crippen LogP contribution in [0.3, 0.4) is 0 Å². The summed E-state index contributed by atoms with van der Waals surface area (Å²) in [5.74, 6) is 1.38. The minimum absolute atomic E-state index is 0.178. The van der Waals surface area contributed by atoms with E-state index in [4.69, 9.17) is 5.11 Å². The molecule has 0 heterocycles. The van der Waals surface area contributed by atoms with Crippen LogP contribution in [0.5, 0.6) is 0 Å². The molecular formula is C19H20O2S. The summed E-state index contributed by atoms with van der Waals surface area (Å²) < 4.78 is 0. The van der Waals surface area contributed by atoms with Crippen LogP contribution in [0.2, 0.25) is 0 Å². The quantitative estimate of drug-likeness (QED) is 0.702. The normalized spacial score (nSPS) is 12.9. The second kappa shape index (κ2) is 6.69. The first kappa shape index (κ1) is 15.3. The van der Waals surface area contributed by atoms with E-state index in [9.17, 15) is 5.11 Å². The lowest BCUT2D eigenvalue weighted by atomic mass is 9.93. The van der Waals surface area contributed by atoms with Crippen molar-refractivity contribution in [2.24, 2.45) is 0 Å². The van der Waals surface area contributed by atoms with Crippen LogP contribution >= 0.6 is 11.8 Å². The lowest BCUT2D eigenvalue weighted by molar-refractivity contribution is 0.113. The average Bonchev–Trinajstić information content (AvgIpc) is 2.57. The highest BCUT2D eigenvalue weighted by atomic mass is 32.2. The van der Waals surface area contributed by atoms with E-state index in [0.29, 0.717) is 5.75 Å². The Balaban J connectivity index is 2.10. The van der Waals surface area contributed by atoms with Gasteiger partial charge in [-0.3, -0.25) is 0 Å². The predicted octanol–water partition coefficient (Wildman–Crippen LogP) is 3.89. The molecule has 114 valence electrons. The van der Waals surface area contributed by atoms with E-state index in [1.54, 1.807) is 11.8 Å². The topological polar surface area (TPSA) is 40.5 Å². The minimum Gasteiger partial charge on any atom is -0.394 e. The van der Waals surface area contributed by atoms with Gasteiger partial charge in [0.05, 0.1) is 12.7 Å². The molecule has 1 atom stereocenters. The molecule has 22 heavy (non-hydrogen) atoms. The number of aryl methyl sites for hydroxylation is 1. The summed E-state index contributed by atoms with van der Waals surface area (Å²) in [7, 11) is 0. The Morgan fingerprint density at radius 3 is 1.91 bits per heavy atom. The molecule has 0 saturated carbocycles. The van der Waals surface area contributed by atoms with Gasteiger partial charge in [-0.05, 0) is 39.6 Å². The standard InChI is InChI=1S/C19H20O2S/c1-13-15-6-2-4-8-17(15)19(12-22-11-14(21)10-20)18-9-5-3-7-16(13)18/h2-9,14,20-21H,10-12H2,1H3/t14-/m0/s1. The van der Waals surface area contributed by atoms with Gasteiger partial charge in [0.1, 0.15) is 0 Å². The molecule has 0 aromatic heterocycles. The van der Waals surface area contributed by atoms with Crippen LogP contribution in [0.25, 0.3) is 21.5 Å². The predicted molar refractivity (Wildman–Crippen MR) is 95.4 cm³/mol. The molecule has 0 bridgehead atoms. The Labute approximate surface area is 134 Å². The van der Waals surface area contributed by atoms with E-state index in [1.165, 1.54) is 32.7 Å². The van der Waals surface area contributed by atoms with E-state index in [0.717, 1.165) is 5.75 Å². The molecule has 0 aliphatic rings. The Hall–Kier alpha value is -1.55. The van der Waals surface area contributed by atoms with Crippen molar-refractivity contribution in [2.75, 3.05) is 12.4 Å². The van der Waals surface area contributed by atoms with Gasteiger partial charge >= 0.3 is 0 Å². The van der Waals surface area contributed by atoms with Crippen molar-refractivity contribution in [2.45, 2.75) is 18.8 Å². The zero-order valence-corrected chi connectivity index (χ0v) is 13.4. The van der Waals surface area contributed by atoms with Crippen LogP contribution in [-0.4, -0.2) is 28.7 Å².